The van der Waals surface area contributed by atoms with E-state index < -0.39 is 17.8 Å². The van der Waals surface area contributed by atoms with Gasteiger partial charge in [-0.2, -0.15) is 0 Å². The number of nitrogens with zero attached hydrogens (tertiary/aromatic N) is 1. The number of nitrogen functional groups attached to an aromatic ring is 1. The summed E-state index contributed by atoms with van der Waals surface area (Å²) >= 11 is 0. The van der Waals surface area contributed by atoms with Gasteiger partial charge >= 0.3 is 0 Å². The van der Waals surface area contributed by atoms with Crippen LogP contribution in [0.4, 0.5) is 10.1 Å². The number of rotatable bonds is 8. The minimum absolute atomic E-state index is 0. The van der Waals surface area contributed by atoms with E-state index in [-0.39, 0.29) is 30.4 Å². The lowest BCUT2D eigenvalue weighted by Crippen LogP contribution is -2.30. The Bertz CT molecular complexity index is 1100. The molecule has 174 valence electrons. The number of nitrogens with two attached hydrogens (primary N) is 1. The summed E-state index contributed by atoms with van der Waals surface area (Å²) in [6.07, 6.45) is -1.07. The molecule has 0 unspecified atom stereocenters. The molecular weight excluding hydrogens is 443 g/mol. The van der Waals surface area contributed by atoms with Crippen LogP contribution < -0.4 is 16.0 Å². The summed E-state index contributed by atoms with van der Waals surface area (Å²) in [6, 6.07) is 19.5. The van der Waals surface area contributed by atoms with Gasteiger partial charge < -0.3 is 20.7 Å². The molecule has 3 aromatic carbocycles. The predicted octanol–water partition coefficient (Wildman–Crippen LogP) is 4.27. The van der Waals surface area contributed by atoms with Crippen molar-refractivity contribution in [1.82, 2.24) is 5.32 Å². The zero-order valence-corrected chi connectivity index (χ0v) is 19.6. The molecule has 1 atom stereocenters. The second-order valence-electron chi connectivity index (χ2n) is 7.62. The van der Waals surface area contributed by atoms with E-state index in [1.807, 2.05) is 43.3 Å². The fourth-order valence-corrected chi connectivity index (χ4v) is 3.33. The van der Waals surface area contributed by atoms with Gasteiger partial charge in [-0.3, -0.25) is 10.2 Å². The van der Waals surface area contributed by atoms with E-state index >= 15 is 0 Å². The quantitative estimate of drug-likeness (QED) is 0.338. The number of amidine groups is 1. The van der Waals surface area contributed by atoms with Crippen molar-refractivity contribution in [3.8, 4) is 11.1 Å². The van der Waals surface area contributed by atoms with Crippen molar-refractivity contribution in [3.63, 3.8) is 0 Å². The number of ether oxygens (including phenoxy) is 1. The third-order valence-corrected chi connectivity index (χ3v) is 5.21. The number of anilines is 1. The molecule has 0 aliphatic rings. The molecule has 0 aliphatic heterocycles. The smallest absolute Gasteiger partial charge is 0.254 e. The Labute approximate surface area is 199 Å². The van der Waals surface area contributed by atoms with Gasteiger partial charge in [-0.1, -0.05) is 48.5 Å². The molecule has 0 bridgehead atoms. The van der Waals surface area contributed by atoms with Crippen molar-refractivity contribution in [2.45, 2.75) is 12.6 Å². The van der Waals surface area contributed by atoms with Gasteiger partial charge in [-0.05, 0) is 34.9 Å². The zero-order valence-electron chi connectivity index (χ0n) is 18.8. The highest BCUT2D eigenvalue weighted by Gasteiger charge is 2.23. The lowest BCUT2D eigenvalue weighted by molar-refractivity contribution is -0.131. The molecule has 0 aliphatic carbocycles. The van der Waals surface area contributed by atoms with Crippen LogP contribution in [0.25, 0.3) is 11.1 Å². The van der Waals surface area contributed by atoms with Crippen LogP contribution in [0.5, 0.6) is 0 Å². The summed E-state index contributed by atoms with van der Waals surface area (Å²) in [4.78, 5) is 14.7. The van der Waals surface area contributed by atoms with Crippen LogP contribution >= 0.6 is 12.4 Å². The van der Waals surface area contributed by atoms with E-state index in [1.54, 1.807) is 36.4 Å². The van der Waals surface area contributed by atoms with Gasteiger partial charge in [-0.15, -0.1) is 12.4 Å². The third kappa shape index (κ3) is 6.31. The van der Waals surface area contributed by atoms with Crippen molar-refractivity contribution < 1.29 is 13.9 Å². The summed E-state index contributed by atoms with van der Waals surface area (Å²) in [5.74, 6) is -0.968. The van der Waals surface area contributed by atoms with E-state index in [1.165, 1.54) is 13.2 Å². The van der Waals surface area contributed by atoms with Crippen LogP contribution in [0.1, 0.15) is 22.8 Å². The minimum Gasteiger partial charge on any atom is -0.384 e. The number of benzene rings is 3. The summed E-state index contributed by atoms with van der Waals surface area (Å²) < 4.78 is 20.2. The first-order valence-electron chi connectivity index (χ1n) is 10.1. The first-order valence-corrected chi connectivity index (χ1v) is 10.1. The number of hydrogen-bond acceptors (Lipinski definition) is 4. The van der Waals surface area contributed by atoms with Gasteiger partial charge in [0, 0.05) is 44.6 Å². The average molecular weight is 471 g/mol. The molecule has 3 aromatic rings. The van der Waals surface area contributed by atoms with E-state index in [4.69, 9.17) is 15.9 Å². The van der Waals surface area contributed by atoms with E-state index in [2.05, 4.69) is 5.32 Å². The Morgan fingerprint density at radius 1 is 1.06 bits per heavy atom. The Kier molecular flexibility index (Phi) is 8.96. The Morgan fingerprint density at radius 3 is 2.18 bits per heavy atom. The topological polar surface area (TPSA) is 91.4 Å². The van der Waals surface area contributed by atoms with Crippen molar-refractivity contribution in [2.24, 2.45) is 5.73 Å². The second kappa shape index (κ2) is 11.4. The first kappa shape index (κ1) is 25.8. The van der Waals surface area contributed by atoms with E-state index in [0.717, 1.165) is 22.4 Å². The highest BCUT2D eigenvalue weighted by Crippen LogP contribution is 2.28. The SMILES string of the molecule is CO[C@H](C(=O)NCc1ccc(C(=N)N)cc1)c1ccc(-c2ccc(N(C)C)cc2)cc1F.Cl. The van der Waals surface area contributed by atoms with Crippen molar-refractivity contribution in [3.05, 3.63) is 89.2 Å². The van der Waals surface area contributed by atoms with Gasteiger partial charge in [0.25, 0.3) is 5.91 Å². The molecule has 0 radical (unpaired) electrons. The lowest BCUT2D eigenvalue weighted by atomic mass is 10.0. The molecule has 1 amide bonds. The van der Waals surface area contributed by atoms with Crippen LogP contribution in [0.15, 0.2) is 66.7 Å². The molecule has 4 N–H and O–H groups in total. The molecule has 0 saturated carbocycles. The summed E-state index contributed by atoms with van der Waals surface area (Å²) in [7, 11) is 5.29. The van der Waals surface area contributed by atoms with Crippen LogP contribution in [0, 0.1) is 11.2 Å². The lowest BCUT2D eigenvalue weighted by Gasteiger charge is -2.17. The fourth-order valence-electron chi connectivity index (χ4n) is 3.33. The molecule has 8 heteroatoms. The molecule has 0 spiro atoms. The van der Waals surface area contributed by atoms with Crippen LogP contribution in [-0.4, -0.2) is 32.9 Å². The summed E-state index contributed by atoms with van der Waals surface area (Å²) in [5.41, 5.74) is 9.71. The maximum Gasteiger partial charge on any atom is 0.254 e. The second-order valence-corrected chi connectivity index (χ2v) is 7.62. The third-order valence-electron chi connectivity index (χ3n) is 5.21. The maximum atomic E-state index is 14.9. The number of carbonyl (C=O) groups excluding carboxylic acids is 1. The molecule has 3 rings (SSSR count). The Hall–Kier alpha value is -3.42. The maximum absolute atomic E-state index is 14.9. The highest BCUT2D eigenvalue weighted by molar-refractivity contribution is 5.94. The van der Waals surface area contributed by atoms with Gasteiger partial charge in [0.05, 0.1) is 0 Å². The van der Waals surface area contributed by atoms with Crippen LogP contribution in [0.3, 0.4) is 0 Å². The number of carbonyl (C=O) groups is 1. The predicted molar refractivity (Wildman–Crippen MR) is 132 cm³/mol. The zero-order chi connectivity index (χ0) is 23.3. The van der Waals surface area contributed by atoms with Gasteiger partial charge in [0.1, 0.15) is 11.7 Å². The fraction of sp³-hybridized carbons (Fsp3) is 0.200. The number of hydrogen-bond donors (Lipinski definition) is 3. The summed E-state index contributed by atoms with van der Waals surface area (Å²) in [5, 5.41) is 10.2. The molecule has 0 aromatic heterocycles. The molecule has 6 nitrogen and oxygen atoms in total. The minimum atomic E-state index is -1.07. The number of methoxy groups -OCH3 is 1. The van der Waals surface area contributed by atoms with Crippen LogP contribution in [0.2, 0.25) is 0 Å². The van der Waals surface area contributed by atoms with Crippen LogP contribution in [-0.2, 0) is 16.1 Å². The van der Waals surface area contributed by atoms with Crippen molar-refractivity contribution in [2.75, 3.05) is 26.1 Å². The molecule has 0 saturated heterocycles. The Morgan fingerprint density at radius 2 is 1.67 bits per heavy atom. The van der Waals surface area contributed by atoms with Gasteiger partial charge in [0.2, 0.25) is 0 Å². The van der Waals surface area contributed by atoms with Crippen molar-refractivity contribution in [1.29, 1.82) is 5.41 Å². The van der Waals surface area contributed by atoms with E-state index in [9.17, 15) is 9.18 Å². The molecule has 0 fully saturated rings. The normalized spacial score (nSPS) is 11.3. The van der Waals surface area contributed by atoms with Crippen molar-refractivity contribution >= 4 is 29.8 Å². The number of halogens is 2. The standard InChI is InChI=1S/C25H27FN4O2.ClH/c1-30(2)20-11-8-17(9-12-20)19-10-13-21(22(26)14-19)23(32-3)25(31)29-15-16-4-6-18(7-5-16)24(27)28;/h4-14,23H,15H2,1-3H3,(H3,27,28)(H,29,31);1H/t23-;/m0./s1. The summed E-state index contributed by atoms with van der Waals surface area (Å²) in [6.45, 7) is 0.245. The average Bonchev–Trinajstić information content (AvgIpc) is 2.79. The molecule has 0 heterocycles. The number of amides is 1. The molecule has 33 heavy (non-hydrogen) atoms. The van der Waals surface area contributed by atoms with Gasteiger partial charge in [0.15, 0.2) is 6.10 Å². The highest BCUT2D eigenvalue weighted by atomic mass is 35.5. The largest absolute Gasteiger partial charge is 0.384 e. The molecular formula is C25H28ClFN4O2. The first-order chi connectivity index (χ1) is 15.3. The van der Waals surface area contributed by atoms with Gasteiger partial charge in [-0.25, -0.2) is 4.39 Å². The van der Waals surface area contributed by atoms with E-state index in [0.29, 0.717) is 5.56 Å². The number of nitrogens with one attached hydrogen (secondary N) is 2. The monoisotopic (exact) mass is 470 g/mol. The Balaban J connectivity index is 0.00000385.